The molecule has 230 valence electrons. The van der Waals surface area contributed by atoms with Gasteiger partial charge in [-0.2, -0.15) is 22.0 Å². The zero-order valence-corrected chi connectivity index (χ0v) is 24.5. The molecule has 1 unspecified atom stereocenters. The number of likely N-dealkylation sites (tertiary alicyclic amines) is 2. The van der Waals surface area contributed by atoms with Crippen LogP contribution in [0.4, 0.5) is 27.6 Å². The molecule has 1 aromatic carbocycles. The number of hydrogen-bond donors (Lipinski definition) is 1. The summed E-state index contributed by atoms with van der Waals surface area (Å²) in [5.74, 6) is -8.92. The second-order valence-corrected chi connectivity index (χ2v) is 12.7. The quantitative estimate of drug-likeness (QED) is 0.481. The minimum Gasteiger partial charge on any atom is -0.374 e. The Balaban J connectivity index is 1.29. The van der Waals surface area contributed by atoms with Gasteiger partial charge in [0.05, 0.1) is 10.6 Å². The Bertz CT molecular complexity index is 1140. The van der Waals surface area contributed by atoms with E-state index in [0.717, 1.165) is 63.5 Å². The Hall–Kier alpha value is -2.18. The highest BCUT2D eigenvalue weighted by molar-refractivity contribution is 6.34. The molecular formula is C28H38ClF5N4O3. The Kier molecular flexibility index (Phi) is 8.63. The van der Waals surface area contributed by atoms with Crippen LogP contribution in [-0.2, 0) is 4.79 Å². The molecule has 1 aromatic rings. The number of aliphatic hydroxyl groups is 1. The molecule has 0 aliphatic carbocycles. The lowest BCUT2D eigenvalue weighted by Gasteiger charge is -2.58. The molecule has 0 radical (unpaired) electrons. The number of rotatable bonds is 6. The average molecular weight is 609 g/mol. The van der Waals surface area contributed by atoms with Crippen molar-refractivity contribution >= 4 is 29.1 Å². The van der Waals surface area contributed by atoms with Crippen molar-refractivity contribution in [3.63, 3.8) is 0 Å². The first-order chi connectivity index (χ1) is 18.9. The van der Waals surface area contributed by atoms with E-state index >= 15 is 0 Å². The molecule has 3 heterocycles. The molecule has 13 heteroatoms. The average Bonchev–Trinajstić information content (AvgIpc) is 2.89. The number of amides is 2. The molecule has 3 fully saturated rings. The SMILES string of the molecule is CC(C)C(O)(C(=O)N1CCC2(CC1)CN(C1CCN(c3ccc(C(=O)N(C)C)c(Cl)c3)CC1)C2)C(F)(F)C(F)(F)F. The van der Waals surface area contributed by atoms with Gasteiger partial charge in [0, 0.05) is 65.1 Å². The van der Waals surface area contributed by atoms with Gasteiger partial charge in [-0.05, 0) is 55.2 Å². The van der Waals surface area contributed by atoms with Gasteiger partial charge < -0.3 is 19.8 Å². The van der Waals surface area contributed by atoms with Crippen LogP contribution < -0.4 is 4.90 Å². The normalized spacial score (nSPS) is 22.0. The van der Waals surface area contributed by atoms with Crippen molar-refractivity contribution in [2.75, 3.05) is 58.3 Å². The lowest BCUT2D eigenvalue weighted by atomic mass is 9.70. The van der Waals surface area contributed by atoms with Crippen LogP contribution in [0.15, 0.2) is 18.2 Å². The molecular weight excluding hydrogens is 571 g/mol. The van der Waals surface area contributed by atoms with Crippen molar-refractivity contribution in [3.8, 4) is 0 Å². The lowest BCUT2D eigenvalue weighted by Crippen LogP contribution is -2.69. The van der Waals surface area contributed by atoms with E-state index in [1.165, 1.54) is 4.90 Å². The topological polar surface area (TPSA) is 67.3 Å². The van der Waals surface area contributed by atoms with Gasteiger partial charge in [0.25, 0.3) is 11.8 Å². The molecule has 3 aliphatic rings. The molecule has 0 saturated carbocycles. The van der Waals surface area contributed by atoms with Crippen LogP contribution >= 0.6 is 11.6 Å². The van der Waals surface area contributed by atoms with Crippen molar-refractivity contribution < 1.29 is 36.6 Å². The molecule has 0 aromatic heterocycles. The number of carbonyl (C=O) groups excluding carboxylic acids is 2. The van der Waals surface area contributed by atoms with Gasteiger partial charge in [-0.15, -0.1) is 0 Å². The monoisotopic (exact) mass is 608 g/mol. The molecule has 1 atom stereocenters. The predicted octanol–water partition coefficient (Wildman–Crippen LogP) is 4.52. The summed E-state index contributed by atoms with van der Waals surface area (Å²) in [6.07, 6.45) is -3.24. The van der Waals surface area contributed by atoms with E-state index < -0.39 is 29.5 Å². The third kappa shape index (κ3) is 5.63. The first-order valence-electron chi connectivity index (χ1n) is 13.9. The van der Waals surface area contributed by atoms with Gasteiger partial charge in [0.15, 0.2) is 0 Å². The third-order valence-corrected chi connectivity index (χ3v) is 9.43. The maximum Gasteiger partial charge on any atom is 0.457 e. The molecule has 7 nitrogen and oxygen atoms in total. The Labute approximate surface area is 242 Å². The third-order valence-electron chi connectivity index (χ3n) is 9.12. The fraction of sp³-hybridized carbons (Fsp3) is 0.714. The van der Waals surface area contributed by atoms with Gasteiger partial charge >= 0.3 is 12.1 Å². The number of halogens is 6. The molecule has 2 amide bonds. The van der Waals surface area contributed by atoms with E-state index in [4.69, 9.17) is 11.6 Å². The maximum absolute atomic E-state index is 14.3. The second-order valence-electron chi connectivity index (χ2n) is 12.3. The predicted molar refractivity (Wildman–Crippen MR) is 145 cm³/mol. The molecule has 1 N–H and O–H groups in total. The fourth-order valence-corrected chi connectivity index (χ4v) is 6.63. The second kappa shape index (κ2) is 11.1. The zero-order valence-electron chi connectivity index (χ0n) is 23.8. The summed E-state index contributed by atoms with van der Waals surface area (Å²) in [7, 11) is 3.35. The van der Waals surface area contributed by atoms with E-state index in [2.05, 4.69) is 9.80 Å². The van der Waals surface area contributed by atoms with Crippen LogP contribution in [0.25, 0.3) is 0 Å². The minimum atomic E-state index is -6.05. The van der Waals surface area contributed by atoms with E-state index in [-0.39, 0.29) is 24.4 Å². The zero-order chi connectivity index (χ0) is 30.5. The van der Waals surface area contributed by atoms with E-state index in [1.807, 2.05) is 12.1 Å². The fourth-order valence-electron chi connectivity index (χ4n) is 6.38. The number of piperidine rings is 2. The summed E-state index contributed by atoms with van der Waals surface area (Å²) < 4.78 is 68.0. The van der Waals surface area contributed by atoms with Gasteiger partial charge in [0.2, 0.25) is 5.60 Å². The Morgan fingerprint density at radius 3 is 2.05 bits per heavy atom. The number of benzene rings is 1. The van der Waals surface area contributed by atoms with Crippen LogP contribution in [0.2, 0.25) is 5.02 Å². The summed E-state index contributed by atoms with van der Waals surface area (Å²) in [5.41, 5.74) is -2.56. The standard InChI is InChI=1S/C28H38ClF5N4O3/c1-18(2)26(41,27(30,31)28(32,33)34)24(40)37-13-9-25(10-14-37)16-38(17-25)19-7-11-36(12-8-19)20-5-6-21(22(29)15-20)23(39)35(3)4/h5-6,15,18-19,41H,7-14,16-17H2,1-4H3. The van der Waals surface area contributed by atoms with Crippen molar-refractivity contribution in [3.05, 3.63) is 28.8 Å². The smallest absolute Gasteiger partial charge is 0.374 e. The minimum absolute atomic E-state index is 0.0289. The number of anilines is 1. The van der Waals surface area contributed by atoms with Crippen LogP contribution in [0.1, 0.15) is 49.9 Å². The van der Waals surface area contributed by atoms with Gasteiger partial charge in [0.1, 0.15) is 0 Å². The first-order valence-corrected chi connectivity index (χ1v) is 14.3. The van der Waals surface area contributed by atoms with E-state index in [0.29, 0.717) is 29.5 Å². The summed E-state index contributed by atoms with van der Waals surface area (Å²) >= 11 is 6.39. The molecule has 1 spiro atoms. The van der Waals surface area contributed by atoms with Crippen molar-refractivity contribution in [1.29, 1.82) is 0 Å². The van der Waals surface area contributed by atoms with E-state index in [9.17, 15) is 36.6 Å². The highest BCUT2D eigenvalue weighted by atomic mass is 35.5. The summed E-state index contributed by atoms with van der Waals surface area (Å²) in [5, 5.41) is 10.9. The van der Waals surface area contributed by atoms with E-state index in [1.54, 1.807) is 20.2 Å². The highest BCUT2D eigenvalue weighted by Crippen LogP contribution is 2.49. The number of nitrogens with zero attached hydrogens (tertiary/aromatic N) is 4. The molecule has 3 aliphatic heterocycles. The van der Waals surface area contributed by atoms with Crippen molar-refractivity contribution in [2.45, 2.75) is 63.3 Å². The lowest BCUT2D eigenvalue weighted by molar-refractivity contribution is -0.342. The number of hydrogen-bond acceptors (Lipinski definition) is 5. The van der Waals surface area contributed by atoms with Crippen LogP contribution in [-0.4, -0.2) is 109 Å². The molecule has 4 rings (SSSR count). The molecule has 3 saturated heterocycles. The number of alkyl halides is 5. The summed E-state index contributed by atoms with van der Waals surface area (Å²) in [4.78, 5) is 32.2. The maximum atomic E-state index is 14.3. The Morgan fingerprint density at radius 2 is 1.59 bits per heavy atom. The van der Waals surface area contributed by atoms with Gasteiger partial charge in [-0.3, -0.25) is 14.5 Å². The van der Waals surface area contributed by atoms with Crippen molar-refractivity contribution in [2.24, 2.45) is 11.3 Å². The largest absolute Gasteiger partial charge is 0.457 e. The van der Waals surface area contributed by atoms with Crippen molar-refractivity contribution in [1.82, 2.24) is 14.7 Å². The summed E-state index contributed by atoms with van der Waals surface area (Å²) in [6.45, 7) is 5.23. The van der Waals surface area contributed by atoms with Crippen LogP contribution in [0.5, 0.6) is 0 Å². The van der Waals surface area contributed by atoms with Gasteiger partial charge in [-0.1, -0.05) is 25.4 Å². The number of carbonyl (C=O) groups is 2. The molecule has 0 bridgehead atoms. The highest BCUT2D eigenvalue weighted by Gasteiger charge is 2.74. The van der Waals surface area contributed by atoms with Crippen LogP contribution in [0.3, 0.4) is 0 Å². The first kappa shape index (κ1) is 31.7. The van der Waals surface area contributed by atoms with Crippen LogP contribution in [0, 0.1) is 11.3 Å². The summed E-state index contributed by atoms with van der Waals surface area (Å²) in [6, 6.07) is 5.83. The Morgan fingerprint density at radius 1 is 1.02 bits per heavy atom. The molecule has 41 heavy (non-hydrogen) atoms. The van der Waals surface area contributed by atoms with Gasteiger partial charge in [-0.25, -0.2) is 0 Å².